The average molecular weight is 365 g/mol. The first-order valence-corrected chi connectivity index (χ1v) is 8.35. The lowest BCUT2D eigenvalue weighted by Gasteiger charge is -2.30. The van der Waals surface area contributed by atoms with E-state index in [2.05, 4.69) is 72.3 Å². The number of nitrogens with one attached hydrogen (secondary N) is 1. The van der Waals surface area contributed by atoms with E-state index in [1.165, 1.54) is 22.4 Å². The molecular formula is C18H19BrClN. The van der Waals surface area contributed by atoms with Crippen molar-refractivity contribution in [3.8, 4) is 0 Å². The van der Waals surface area contributed by atoms with Crippen molar-refractivity contribution in [1.29, 1.82) is 0 Å². The molecule has 0 bridgehead atoms. The molecule has 1 aliphatic carbocycles. The highest BCUT2D eigenvalue weighted by Gasteiger charge is 2.39. The van der Waals surface area contributed by atoms with Gasteiger partial charge in [-0.15, -0.1) is 0 Å². The van der Waals surface area contributed by atoms with Crippen molar-refractivity contribution in [1.82, 2.24) is 0 Å². The molecule has 2 aromatic rings. The molecule has 0 amide bonds. The molecule has 0 aliphatic heterocycles. The van der Waals surface area contributed by atoms with Crippen molar-refractivity contribution >= 4 is 33.2 Å². The van der Waals surface area contributed by atoms with E-state index < -0.39 is 0 Å². The second-order valence-corrected chi connectivity index (χ2v) is 7.90. The van der Waals surface area contributed by atoms with Crippen LogP contribution in [0.5, 0.6) is 0 Å². The number of benzene rings is 2. The molecule has 0 aromatic heterocycles. The maximum Gasteiger partial charge on any atom is 0.0571 e. The van der Waals surface area contributed by atoms with Gasteiger partial charge in [-0.25, -0.2) is 0 Å². The maximum atomic E-state index is 6.20. The minimum Gasteiger partial charge on any atom is -0.377 e. The predicted molar refractivity (Wildman–Crippen MR) is 94.2 cm³/mol. The summed E-state index contributed by atoms with van der Waals surface area (Å²) in [7, 11) is 0. The Morgan fingerprint density at radius 2 is 1.95 bits per heavy atom. The fraction of sp³-hybridized carbons (Fsp3) is 0.333. The molecule has 1 N–H and O–H groups in total. The van der Waals surface area contributed by atoms with Gasteiger partial charge in [0.2, 0.25) is 0 Å². The van der Waals surface area contributed by atoms with Crippen LogP contribution in [-0.4, -0.2) is 0 Å². The average Bonchev–Trinajstić information content (AvgIpc) is 2.63. The summed E-state index contributed by atoms with van der Waals surface area (Å²) in [6.45, 7) is 6.76. The largest absolute Gasteiger partial charge is 0.377 e. The lowest BCUT2D eigenvalue weighted by Crippen LogP contribution is -2.24. The number of anilines is 1. The fourth-order valence-corrected chi connectivity index (χ4v) is 3.88. The first-order valence-electron chi connectivity index (χ1n) is 7.18. The Labute approximate surface area is 139 Å². The van der Waals surface area contributed by atoms with Crippen LogP contribution >= 0.6 is 27.5 Å². The molecular weight excluding hydrogens is 346 g/mol. The van der Waals surface area contributed by atoms with Gasteiger partial charge in [0.05, 0.1) is 6.04 Å². The highest BCUT2D eigenvalue weighted by Crippen LogP contribution is 2.47. The number of rotatable bonds is 2. The summed E-state index contributed by atoms with van der Waals surface area (Å²) in [6, 6.07) is 12.9. The van der Waals surface area contributed by atoms with Gasteiger partial charge in [0, 0.05) is 15.2 Å². The van der Waals surface area contributed by atoms with E-state index in [0.717, 1.165) is 15.9 Å². The fourth-order valence-electron chi connectivity index (χ4n) is 3.23. The second-order valence-electron chi connectivity index (χ2n) is 6.55. The Bertz CT molecular complexity index is 694. The molecule has 1 aliphatic rings. The number of aryl methyl sites for hydroxylation is 1. The van der Waals surface area contributed by atoms with E-state index in [0.29, 0.717) is 0 Å². The molecule has 1 nitrogen and oxygen atoms in total. The summed E-state index contributed by atoms with van der Waals surface area (Å²) >= 11 is 9.72. The van der Waals surface area contributed by atoms with Gasteiger partial charge in [-0.1, -0.05) is 47.4 Å². The van der Waals surface area contributed by atoms with Crippen LogP contribution in [0.1, 0.15) is 36.6 Å². The number of hydrogen-bond donors (Lipinski definition) is 1. The van der Waals surface area contributed by atoms with Crippen molar-refractivity contribution in [2.24, 2.45) is 5.41 Å². The molecule has 0 radical (unpaired) electrons. The summed E-state index contributed by atoms with van der Waals surface area (Å²) < 4.78 is 1.11. The SMILES string of the molecule is Cc1cc(Br)ccc1NC1c2cc(Cl)ccc2CC1(C)C. The normalized spacial score (nSPS) is 19.4. The Balaban J connectivity index is 1.99. The summed E-state index contributed by atoms with van der Waals surface area (Å²) in [5.74, 6) is 0. The monoisotopic (exact) mass is 363 g/mol. The molecule has 0 spiro atoms. The third kappa shape index (κ3) is 2.84. The summed E-state index contributed by atoms with van der Waals surface area (Å²) in [5.41, 5.74) is 5.33. The van der Waals surface area contributed by atoms with E-state index in [1.807, 2.05) is 6.07 Å². The minimum atomic E-state index is 0.173. The molecule has 110 valence electrons. The zero-order valence-electron chi connectivity index (χ0n) is 12.5. The van der Waals surface area contributed by atoms with Crippen LogP contribution in [0.15, 0.2) is 40.9 Å². The Kier molecular flexibility index (Phi) is 3.79. The van der Waals surface area contributed by atoms with Gasteiger partial charge in [0.25, 0.3) is 0 Å². The van der Waals surface area contributed by atoms with Crippen LogP contribution in [0.4, 0.5) is 5.69 Å². The molecule has 0 saturated carbocycles. The van der Waals surface area contributed by atoms with E-state index in [9.17, 15) is 0 Å². The molecule has 3 heteroatoms. The van der Waals surface area contributed by atoms with E-state index in [4.69, 9.17) is 11.6 Å². The summed E-state index contributed by atoms with van der Waals surface area (Å²) in [5, 5.41) is 4.54. The molecule has 2 aromatic carbocycles. The van der Waals surface area contributed by atoms with Gasteiger partial charge >= 0.3 is 0 Å². The van der Waals surface area contributed by atoms with Crippen LogP contribution in [0, 0.1) is 12.3 Å². The third-order valence-electron chi connectivity index (χ3n) is 4.33. The van der Waals surface area contributed by atoms with Gasteiger partial charge in [0.15, 0.2) is 0 Å². The lowest BCUT2D eigenvalue weighted by atomic mass is 9.85. The number of hydrogen-bond acceptors (Lipinski definition) is 1. The summed E-state index contributed by atoms with van der Waals surface area (Å²) in [4.78, 5) is 0. The summed E-state index contributed by atoms with van der Waals surface area (Å²) in [6.07, 6.45) is 1.08. The maximum absolute atomic E-state index is 6.20. The minimum absolute atomic E-state index is 0.173. The van der Waals surface area contributed by atoms with Crippen LogP contribution in [0.25, 0.3) is 0 Å². The van der Waals surface area contributed by atoms with Crippen LogP contribution < -0.4 is 5.32 Å². The Morgan fingerprint density at radius 1 is 1.19 bits per heavy atom. The Morgan fingerprint density at radius 3 is 2.67 bits per heavy atom. The lowest BCUT2D eigenvalue weighted by molar-refractivity contribution is 0.337. The van der Waals surface area contributed by atoms with E-state index in [1.54, 1.807) is 0 Å². The van der Waals surface area contributed by atoms with Crippen LogP contribution in [0.2, 0.25) is 5.02 Å². The highest BCUT2D eigenvalue weighted by molar-refractivity contribution is 9.10. The van der Waals surface area contributed by atoms with Gasteiger partial charge in [0.1, 0.15) is 0 Å². The van der Waals surface area contributed by atoms with Gasteiger partial charge in [-0.3, -0.25) is 0 Å². The molecule has 21 heavy (non-hydrogen) atoms. The topological polar surface area (TPSA) is 12.0 Å². The van der Waals surface area contributed by atoms with Crippen molar-refractivity contribution in [2.75, 3.05) is 5.32 Å². The molecule has 1 unspecified atom stereocenters. The van der Waals surface area contributed by atoms with E-state index >= 15 is 0 Å². The molecule has 0 heterocycles. The molecule has 3 rings (SSSR count). The molecule has 0 fully saturated rings. The smallest absolute Gasteiger partial charge is 0.0571 e. The van der Waals surface area contributed by atoms with Crippen LogP contribution in [-0.2, 0) is 6.42 Å². The van der Waals surface area contributed by atoms with Crippen molar-refractivity contribution < 1.29 is 0 Å². The van der Waals surface area contributed by atoms with Crippen molar-refractivity contribution in [3.63, 3.8) is 0 Å². The van der Waals surface area contributed by atoms with Crippen molar-refractivity contribution in [2.45, 2.75) is 33.2 Å². The second kappa shape index (κ2) is 5.33. The standard InChI is InChI=1S/C18H19BrClN/c1-11-8-13(19)5-7-16(11)21-17-15-9-14(20)6-4-12(15)10-18(17,2)3/h4-9,17,21H,10H2,1-3H3. The van der Waals surface area contributed by atoms with Gasteiger partial charge < -0.3 is 5.32 Å². The highest BCUT2D eigenvalue weighted by atomic mass is 79.9. The third-order valence-corrected chi connectivity index (χ3v) is 5.06. The predicted octanol–water partition coefficient (Wildman–Crippen LogP) is 6.15. The van der Waals surface area contributed by atoms with Gasteiger partial charge in [-0.05, 0) is 65.8 Å². The van der Waals surface area contributed by atoms with Crippen LogP contribution in [0.3, 0.4) is 0 Å². The number of fused-ring (bicyclic) bond motifs is 1. The first kappa shape index (κ1) is 14.9. The zero-order valence-corrected chi connectivity index (χ0v) is 14.8. The molecule has 0 saturated heterocycles. The van der Waals surface area contributed by atoms with E-state index in [-0.39, 0.29) is 11.5 Å². The van der Waals surface area contributed by atoms with Crippen molar-refractivity contribution in [3.05, 3.63) is 62.6 Å². The Hall–Kier alpha value is -0.990. The first-order chi connectivity index (χ1) is 9.87. The zero-order chi connectivity index (χ0) is 15.2. The van der Waals surface area contributed by atoms with Gasteiger partial charge in [-0.2, -0.15) is 0 Å². The quantitative estimate of drug-likeness (QED) is 0.674. The molecule has 1 atom stereocenters. The number of halogens is 2.